The number of aromatic amines is 1. The van der Waals surface area contributed by atoms with Crippen LogP contribution in [-0.2, 0) is 6.61 Å². The molecule has 1 heterocycles. The van der Waals surface area contributed by atoms with Gasteiger partial charge in [-0.3, -0.25) is 0 Å². The minimum Gasteiger partial charge on any atom is -0.488 e. The number of aromatic nitrogens is 3. The van der Waals surface area contributed by atoms with Gasteiger partial charge in [-0.1, -0.05) is 64.5 Å². The first-order valence-electron chi connectivity index (χ1n) is 9.05. The number of benzene rings is 3. The highest BCUT2D eigenvalue weighted by molar-refractivity contribution is 9.10. The first-order chi connectivity index (χ1) is 14.6. The van der Waals surface area contributed by atoms with E-state index in [9.17, 15) is 4.39 Å². The van der Waals surface area contributed by atoms with Crippen LogP contribution >= 0.6 is 28.1 Å². The third kappa shape index (κ3) is 4.55. The van der Waals surface area contributed by atoms with E-state index in [2.05, 4.69) is 31.2 Å². The van der Waals surface area contributed by atoms with Crippen LogP contribution in [0.5, 0.6) is 5.75 Å². The zero-order valence-electron chi connectivity index (χ0n) is 15.6. The number of nitrogens with one attached hydrogen (secondary N) is 1. The zero-order chi connectivity index (χ0) is 20.9. The predicted molar refractivity (Wildman–Crippen MR) is 121 cm³/mol. The molecule has 1 N–H and O–H groups in total. The molecule has 1 aromatic heterocycles. The first kappa shape index (κ1) is 20.2. The molecule has 0 saturated heterocycles. The van der Waals surface area contributed by atoms with E-state index in [1.165, 1.54) is 6.07 Å². The molecule has 4 rings (SSSR count). The predicted octanol–water partition coefficient (Wildman–Crippen LogP) is 5.97. The maximum Gasteiger partial charge on any atom is 0.216 e. The molecule has 0 aliphatic rings. The van der Waals surface area contributed by atoms with Crippen molar-refractivity contribution in [1.82, 2.24) is 14.9 Å². The number of ether oxygens (including phenoxy) is 1. The van der Waals surface area contributed by atoms with Gasteiger partial charge in [-0.05, 0) is 36.5 Å². The van der Waals surface area contributed by atoms with E-state index in [0.29, 0.717) is 27.5 Å². The Labute approximate surface area is 186 Å². The molecular weight excluding hydrogens is 467 g/mol. The van der Waals surface area contributed by atoms with Gasteiger partial charge in [0, 0.05) is 21.2 Å². The molecule has 4 aromatic rings. The molecule has 5 nitrogen and oxygen atoms in total. The Morgan fingerprint density at radius 2 is 1.87 bits per heavy atom. The smallest absolute Gasteiger partial charge is 0.216 e. The highest BCUT2D eigenvalue weighted by Gasteiger charge is 2.09. The number of rotatable bonds is 6. The van der Waals surface area contributed by atoms with Crippen molar-refractivity contribution in [2.75, 3.05) is 0 Å². The maximum absolute atomic E-state index is 13.9. The summed E-state index contributed by atoms with van der Waals surface area (Å²) in [5, 5.41) is 11.6. The Morgan fingerprint density at radius 1 is 1.10 bits per heavy atom. The van der Waals surface area contributed by atoms with Crippen molar-refractivity contribution in [3.8, 4) is 17.1 Å². The Bertz CT molecular complexity index is 1250. The molecule has 0 aliphatic carbocycles. The molecule has 0 spiro atoms. The summed E-state index contributed by atoms with van der Waals surface area (Å²) < 4.78 is 22.5. The van der Waals surface area contributed by atoms with Crippen LogP contribution in [0.25, 0.3) is 11.4 Å². The van der Waals surface area contributed by atoms with Crippen LogP contribution in [0.4, 0.5) is 4.39 Å². The third-order valence-electron chi connectivity index (χ3n) is 4.31. The van der Waals surface area contributed by atoms with E-state index in [4.69, 9.17) is 17.0 Å². The van der Waals surface area contributed by atoms with Gasteiger partial charge in [0.05, 0.1) is 6.21 Å². The normalized spacial score (nSPS) is 11.1. The second-order valence-electron chi connectivity index (χ2n) is 6.34. The van der Waals surface area contributed by atoms with Crippen LogP contribution in [0.3, 0.4) is 0 Å². The average Bonchev–Trinajstić information content (AvgIpc) is 3.13. The SMILES string of the molecule is Fc1ccccc1COc1ccc(Br)cc1/C=N\n1c(-c2ccccc2)n[nH]c1=S. The molecular formula is C22H16BrFN4OS. The number of hydrogen-bond acceptors (Lipinski definition) is 4. The summed E-state index contributed by atoms with van der Waals surface area (Å²) in [6.07, 6.45) is 1.64. The van der Waals surface area contributed by atoms with E-state index in [1.54, 1.807) is 35.2 Å². The van der Waals surface area contributed by atoms with Gasteiger partial charge in [0.2, 0.25) is 4.77 Å². The molecule has 3 aromatic carbocycles. The fourth-order valence-electron chi connectivity index (χ4n) is 2.82. The van der Waals surface area contributed by atoms with E-state index >= 15 is 0 Å². The largest absolute Gasteiger partial charge is 0.488 e. The van der Waals surface area contributed by atoms with Crippen molar-refractivity contribution in [2.45, 2.75) is 6.61 Å². The van der Waals surface area contributed by atoms with Crippen molar-refractivity contribution < 1.29 is 9.13 Å². The van der Waals surface area contributed by atoms with Gasteiger partial charge < -0.3 is 4.74 Å². The van der Waals surface area contributed by atoms with Crippen LogP contribution in [0.2, 0.25) is 0 Å². The number of hydrogen-bond donors (Lipinski definition) is 1. The number of nitrogens with zero attached hydrogens (tertiary/aromatic N) is 3. The monoisotopic (exact) mass is 482 g/mol. The van der Waals surface area contributed by atoms with Crippen LogP contribution in [0.1, 0.15) is 11.1 Å². The van der Waals surface area contributed by atoms with Gasteiger partial charge >= 0.3 is 0 Å². The lowest BCUT2D eigenvalue weighted by Crippen LogP contribution is -2.01. The van der Waals surface area contributed by atoms with E-state index in [1.807, 2.05) is 42.5 Å². The standard InChI is InChI=1S/C22H16BrFN4OS/c23-18-10-11-20(29-14-16-8-4-5-9-19(16)24)17(12-18)13-25-28-21(26-27-22(28)30)15-6-2-1-3-7-15/h1-13H,14H2,(H,27,30)/b25-13-. The lowest BCUT2D eigenvalue weighted by Gasteiger charge is -2.10. The Balaban J connectivity index is 1.63. The summed E-state index contributed by atoms with van der Waals surface area (Å²) in [4.78, 5) is 0. The first-order valence-corrected chi connectivity index (χ1v) is 10.2. The second kappa shape index (κ2) is 9.15. The summed E-state index contributed by atoms with van der Waals surface area (Å²) in [5.74, 6) is 0.865. The summed E-state index contributed by atoms with van der Waals surface area (Å²) in [6.45, 7) is 0.107. The molecule has 8 heteroatoms. The van der Waals surface area contributed by atoms with Gasteiger partial charge in [0.25, 0.3) is 0 Å². The minimum atomic E-state index is -0.304. The molecule has 0 unspecified atom stereocenters. The second-order valence-corrected chi connectivity index (χ2v) is 7.64. The van der Waals surface area contributed by atoms with Crippen molar-refractivity contribution in [1.29, 1.82) is 0 Å². The van der Waals surface area contributed by atoms with Crippen LogP contribution in [0, 0.1) is 10.6 Å². The average molecular weight is 483 g/mol. The lowest BCUT2D eigenvalue weighted by atomic mass is 10.2. The number of halogens is 2. The van der Waals surface area contributed by atoms with Crippen LogP contribution < -0.4 is 4.74 Å². The third-order valence-corrected chi connectivity index (χ3v) is 5.07. The summed E-state index contributed by atoms with van der Waals surface area (Å²) in [7, 11) is 0. The van der Waals surface area contributed by atoms with Gasteiger partial charge in [0.15, 0.2) is 5.82 Å². The summed E-state index contributed by atoms with van der Waals surface area (Å²) in [5.41, 5.74) is 2.07. The highest BCUT2D eigenvalue weighted by Crippen LogP contribution is 2.24. The molecule has 0 bridgehead atoms. The van der Waals surface area contributed by atoms with Crippen molar-refractivity contribution in [3.63, 3.8) is 0 Å². The Morgan fingerprint density at radius 3 is 2.67 bits per heavy atom. The number of H-pyrrole nitrogens is 1. The molecule has 0 amide bonds. The van der Waals surface area contributed by atoms with Gasteiger partial charge in [-0.15, -0.1) is 0 Å². The van der Waals surface area contributed by atoms with Crippen molar-refractivity contribution in [3.05, 3.63) is 99.0 Å². The highest BCUT2D eigenvalue weighted by atomic mass is 79.9. The minimum absolute atomic E-state index is 0.107. The molecule has 0 aliphatic heterocycles. The maximum atomic E-state index is 13.9. The van der Waals surface area contributed by atoms with Gasteiger partial charge in [-0.2, -0.15) is 14.9 Å². The van der Waals surface area contributed by atoms with Gasteiger partial charge in [0.1, 0.15) is 18.2 Å². The molecule has 0 atom stereocenters. The van der Waals surface area contributed by atoms with Gasteiger partial charge in [-0.25, -0.2) is 9.49 Å². The Hall–Kier alpha value is -3.10. The van der Waals surface area contributed by atoms with Crippen LogP contribution in [-0.4, -0.2) is 21.1 Å². The molecule has 30 heavy (non-hydrogen) atoms. The summed E-state index contributed by atoms with van der Waals surface area (Å²) >= 11 is 8.79. The fourth-order valence-corrected chi connectivity index (χ4v) is 3.37. The molecule has 0 saturated carbocycles. The van der Waals surface area contributed by atoms with Crippen LogP contribution in [0.15, 0.2) is 82.4 Å². The lowest BCUT2D eigenvalue weighted by molar-refractivity contribution is 0.299. The van der Waals surface area contributed by atoms with Crippen molar-refractivity contribution in [2.24, 2.45) is 5.10 Å². The molecule has 150 valence electrons. The zero-order valence-corrected chi connectivity index (χ0v) is 18.0. The Kier molecular flexibility index (Phi) is 6.15. The van der Waals surface area contributed by atoms with Crippen molar-refractivity contribution >= 4 is 34.4 Å². The summed E-state index contributed by atoms with van der Waals surface area (Å²) in [6, 6.07) is 21.7. The molecule has 0 radical (unpaired) electrons. The molecule has 0 fully saturated rings. The van der Waals surface area contributed by atoms with E-state index < -0.39 is 0 Å². The topological polar surface area (TPSA) is 55.2 Å². The fraction of sp³-hybridized carbons (Fsp3) is 0.0455. The van der Waals surface area contributed by atoms with E-state index in [-0.39, 0.29) is 12.4 Å². The quantitative estimate of drug-likeness (QED) is 0.272. The van der Waals surface area contributed by atoms with E-state index in [0.717, 1.165) is 10.0 Å².